The molecule has 2 atom stereocenters. The Labute approximate surface area is 131 Å². The number of benzene rings is 2. The second-order valence-electron chi connectivity index (χ2n) is 4.74. The van der Waals surface area contributed by atoms with E-state index in [9.17, 15) is 4.79 Å². The number of nitrogens with zero attached hydrogens (tertiary/aromatic N) is 1. The van der Waals surface area contributed by atoms with Gasteiger partial charge in [0.05, 0.1) is 11.4 Å². The Hall–Kier alpha value is -1.78. The number of primary amides is 1. The van der Waals surface area contributed by atoms with Crippen LogP contribution >= 0.6 is 23.2 Å². The number of fused-ring (bicyclic) bond motifs is 2. The molecule has 0 radical (unpaired) electrons. The molecule has 0 fully saturated rings. The molecule has 1 aliphatic heterocycles. The highest BCUT2D eigenvalue weighted by atomic mass is 35.5. The van der Waals surface area contributed by atoms with Gasteiger partial charge in [-0.25, -0.2) is 9.18 Å². The molecule has 21 heavy (non-hydrogen) atoms. The maximum atomic E-state index is 15.1. The summed E-state index contributed by atoms with van der Waals surface area (Å²) >= 11 is 12.3. The first kappa shape index (κ1) is 14.2. The molecule has 1 aliphatic rings. The second kappa shape index (κ2) is 4.90. The van der Waals surface area contributed by atoms with Crippen molar-refractivity contribution in [3.05, 3.63) is 59.7 Å². The van der Waals surface area contributed by atoms with E-state index in [2.05, 4.69) is 0 Å². The Morgan fingerprint density at radius 3 is 2.38 bits per heavy atom. The van der Waals surface area contributed by atoms with Crippen molar-refractivity contribution < 1.29 is 9.18 Å². The smallest absolute Gasteiger partial charge is 0.323 e. The van der Waals surface area contributed by atoms with Crippen LogP contribution in [0.3, 0.4) is 0 Å². The van der Waals surface area contributed by atoms with Crippen LogP contribution in [0, 0.1) is 0 Å². The summed E-state index contributed by atoms with van der Waals surface area (Å²) in [6, 6.07) is 12.4. The van der Waals surface area contributed by atoms with E-state index in [0.717, 1.165) is 0 Å². The Morgan fingerprint density at radius 2 is 1.71 bits per heavy atom. The van der Waals surface area contributed by atoms with Crippen molar-refractivity contribution in [2.45, 2.75) is 10.5 Å². The summed E-state index contributed by atoms with van der Waals surface area (Å²) in [7, 11) is 0. The standard InChI is InChI=1S/C15H11Cl2FN2O/c16-13-9-5-1-3-7-11(9)20(14(19)21)12-8-4-2-6-10(12)15(13,17)18/h1-8,13H,(H2,19,21). The van der Waals surface area contributed by atoms with Crippen molar-refractivity contribution in [2.24, 2.45) is 5.73 Å². The first-order valence-corrected chi connectivity index (χ1v) is 7.06. The van der Waals surface area contributed by atoms with Gasteiger partial charge < -0.3 is 5.73 Å². The number of urea groups is 1. The highest BCUT2D eigenvalue weighted by Crippen LogP contribution is 2.55. The summed E-state index contributed by atoms with van der Waals surface area (Å²) in [6.07, 6.45) is 0. The van der Waals surface area contributed by atoms with Crippen LogP contribution in [0.15, 0.2) is 48.5 Å². The molecule has 3 rings (SSSR count). The van der Waals surface area contributed by atoms with Crippen molar-refractivity contribution in [3.8, 4) is 0 Å². The highest BCUT2D eigenvalue weighted by Gasteiger charge is 2.46. The maximum absolute atomic E-state index is 15.1. The van der Waals surface area contributed by atoms with Gasteiger partial charge in [0, 0.05) is 5.56 Å². The Morgan fingerprint density at radius 1 is 1.14 bits per heavy atom. The Kier molecular flexibility index (Phi) is 3.30. The molecule has 2 aromatic rings. The summed E-state index contributed by atoms with van der Waals surface area (Å²) < 4.78 is 15.1. The maximum Gasteiger partial charge on any atom is 0.323 e. The first-order chi connectivity index (χ1) is 9.94. The lowest BCUT2D eigenvalue weighted by Gasteiger charge is -2.24. The van der Waals surface area contributed by atoms with Gasteiger partial charge in [-0.3, -0.25) is 4.90 Å². The average molecular weight is 325 g/mol. The minimum atomic E-state index is -2.35. The fourth-order valence-electron chi connectivity index (χ4n) is 2.55. The zero-order valence-corrected chi connectivity index (χ0v) is 12.3. The summed E-state index contributed by atoms with van der Waals surface area (Å²) in [5, 5.41) is -3.50. The molecule has 3 nitrogen and oxygen atoms in total. The van der Waals surface area contributed by atoms with Gasteiger partial charge >= 0.3 is 6.03 Å². The predicted molar refractivity (Wildman–Crippen MR) is 81.8 cm³/mol. The molecular weight excluding hydrogens is 314 g/mol. The van der Waals surface area contributed by atoms with Gasteiger partial charge in [0.2, 0.25) is 5.13 Å². The lowest BCUT2D eigenvalue weighted by molar-refractivity contribution is 0.256. The largest absolute Gasteiger partial charge is 0.351 e. The third-order valence-corrected chi connectivity index (χ3v) is 4.56. The third kappa shape index (κ3) is 2.06. The van der Waals surface area contributed by atoms with E-state index in [1.807, 2.05) is 0 Å². The molecule has 0 saturated heterocycles. The minimum absolute atomic E-state index is 0.113. The van der Waals surface area contributed by atoms with Gasteiger partial charge in [-0.05, 0) is 17.7 Å². The van der Waals surface area contributed by atoms with Gasteiger partial charge in [-0.2, -0.15) is 0 Å². The van der Waals surface area contributed by atoms with Crippen molar-refractivity contribution >= 4 is 40.6 Å². The predicted octanol–water partition coefficient (Wildman–Crippen LogP) is 4.56. The van der Waals surface area contributed by atoms with Gasteiger partial charge in [0.15, 0.2) is 0 Å². The number of amides is 2. The number of anilines is 2. The summed E-state index contributed by atoms with van der Waals surface area (Å²) in [6.45, 7) is 0. The fraction of sp³-hybridized carbons (Fsp3) is 0.133. The lowest BCUT2D eigenvalue weighted by Crippen LogP contribution is -2.32. The number of nitrogens with two attached hydrogens (primary N) is 1. The van der Waals surface area contributed by atoms with Crippen LogP contribution in [0.25, 0.3) is 0 Å². The molecule has 0 saturated carbocycles. The van der Waals surface area contributed by atoms with E-state index in [4.69, 9.17) is 28.9 Å². The van der Waals surface area contributed by atoms with Crippen molar-refractivity contribution in [1.29, 1.82) is 0 Å². The number of halogens is 3. The van der Waals surface area contributed by atoms with Crippen LogP contribution < -0.4 is 10.6 Å². The second-order valence-corrected chi connectivity index (χ2v) is 5.72. The monoisotopic (exact) mass is 324 g/mol. The number of alkyl halides is 3. The first-order valence-electron chi connectivity index (χ1n) is 6.24. The van der Waals surface area contributed by atoms with Gasteiger partial charge in [0.1, 0.15) is 5.38 Å². The number of rotatable bonds is 0. The Bertz CT molecular complexity index is 720. The number of para-hydroxylation sites is 2. The molecule has 108 valence electrons. The van der Waals surface area contributed by atoms with E-state index < -0.39 is 16.5 Å². The summed E-state index contributed by atoms with van der Waals surface area (Å²) in [5.41, 5.74) is 6.72. The number of carbonyl (C=O) groups is 1. The molecule has 0 aliphatic carbocycles. The van der Waals surface area contributed by atoms with Crippen LogP contribution in [-0.2, 0) is 5.13 Å². The number of hydrogen-bond acceptors (Lipinski definition) is 1. The highest BCUT2D eigenvalue weighted by molar-refractivity contribution is 6.33. The Balaban J connectivity index is 2.39. The zero-order chi connectivity index (χ0) is 15.2. The fourth-order valence-corrected chi connectivity index (χ4v) is 3.13. The van der Waals surface area contributed by atoms with Crippen molar-refractivity contribution in [1.82, 2.24) is 0 Å². The normalized spacial score (nSPS) is 24.0. The third-order valence-electron chi connectivity index (χ3n) is 3.49. The van der Waals surface area contributed by atoms with Crippen LogP contribution in [-0.4, -0.2) is 6.03 Å². The molecule has 6 heteroatoms. The molecule has 2 N–H and O–H groups in total. The molecule has 2 amide bonds. The van der Waals surface area contributed by atoms with E-state index in [0.29, 0.717) is 11.3 Å². The number of carbonyl (C=O) groups excluding carboxylic acids is 1. The van der Waals surface area contributed by atoms with Gasteiger partial charge in [-0.1, -0.05) is 48.0 Å². The van der Waals surface area contributed by atoms with Crippen LogP contribution in [0.5, 0.6) is 0 Å². The van der Waals surface area contributed by atoms with E-state index in [1.165, 1.54) is 11.0 Å². The van der Waals surface area contributed by atoms with Crippen LogP contribution in [0.1, 0.15) is 16.5 Å². The van der Waals surface area contributed by atoms with Gasteiger partial charge in [-0.15, -0.1) is 11.6 Å². The zero-order valence-electron chi connectivity index (χ0n) is 10.8. The summed E-state index contributed by atoms with van der Waals surface area (Å²) in [5.74, 6) is 0. The number of hydrogen-bond donors (Lipinski definition) is 1. The van der Waals surface area contributed by atoms with E-state index in [-0.39, 0.29) is 11.3 Å². The average Bonchev–Trinajstić information content (AvgIpc) is 2.53. The van der Waals surface area contributed by atoms with Crippen molar-refractivity contribution in [2.75, 3.05) is 4.90 Å². The summed E-state index contributed by atoms with van der Waals surface area (Å²) in [4.78, 5) is 13.1. The quantitative estimate of drug-likeness (QED) is 0.709. The molecule has 1 heterocycles. The van der Waals surface area contributed by atoms with Crippen LogP contribution in [0.4, 0.5) is 20.6 Å². The van der Waals surface area contributed by atoms with Gasteiger partial charge in [0.25, 0.3) is 0 Å². The minimum Gasteiger partial charge on any atom is -0.351 e. The molecule has 0 spiro atoms. The molecule has 2 unspecified atom stereocenters. The topological polar surface area (TPSA) is 46.3 Å². The molecular formula is C15H11Cl2FN2O. The SMILES string of the molecule is NC(=O)N1c2ccccc2C(Cl)C(F)(Cl)c2ccccc21. The molecule has 0 aromatic heterocycles. The van der Waals surface area contributed by atoms with E-state index >= 15 is 4.39 Å². The molecule has 2 aromatic carbocycles. The molecule has 0 bridgehead atoms. The van der Waals surface area contributed by atoms with E-state index in [1.54, 1.807) is 42.5 Å². The lowest BCUT2D eigenvalue weighted by atomic mass is 10.0. The van der Waals surface area contributed by atoms with Crippen molar-refractivity contribution in [3.63, 3.8) is 0 Å². The van der Waals surface area contributed by atoms with Crippen LogP contribution in [0.2, 0.25) is 0 Å².